The molecule has 0 saturated carbocycles. The van der Waals surface area contributed by atoms with Crippen LogP contribution in [-0.2, 0) is 14.2 Å². The highest BCUT2D eigenvalue weighted by molar-refractivity contribution is 4.66. The molecule has 1 fully saturated rings. The molecular formula is C6H12O6. The van der Waals surface area contributed by atoms with Crippen molar-refractivity contribution in [2.75, 3.05) is 13.7 Å². The van der Waals surface area contributed by atoms with Crippen LogP contribution in [0, 0.1) is 0 Å². The monoisotopic (exact) mass is 180 g/mol. The van der Waals surface area contributed by atoms with E-state index in [1.165, 1.54) is 7.11 Å². The summed E-state index contributed by atoms with van der Waals surface area (Å²) in [6.07, 6.45) is -4.65. The Hall–Kier alpha value is -0.240. The number of aliphatic hydroxyl groups is 3. The first kappa shape index (κ1) is 9.85. The van der Waals surface area contributed by atoms with E-state index >= 15 is 0 Å². The predicted octanol–water partition coefficient (Wildman–Crippen LogP) is -2.00. The van der Waals surface area contributed by atoms with Gasteiger partial charge in [0.1, 0.15) is 6.10 Å². The van der Waals surface area contributed by atoms with Gasteiger partial charge in [0.15, 0.2) is 6.29 Å². The van der Waals surface area contributed by atoms with Gasteiger partial charge in [-0.2, -0.15) is 0 Å². The van der Waals surface area contributed by atoms with E-state index in [1.54, 1.807) is 0 Å². The van der Waals surface area contributed by atoms with Gasteiger partial charge in [-0.15, -0.1) is 0 Å². The van der Waals surface area contributed by atoms with Gasteiger partial charge in [0.25, 0.3) is 0 Å². The lowest BCUT2D eigenvalue weighted by atomic mass is 10.3. The molecule has 0 aromatic heterocycles. The first-order valence-electron chi connectivity index (χ1n) is 3.49. The van der Waals surface area contributed by atoms with E-state index in [-0.39, 0.29) is 6.61 Å². The lowest BCUT2D eigenvalue weighted by molar-refractivity contribution is -0.346. The summed E-state index contributed by atoms with van der Waals surface area (Å²) < 4.78 is 14.3. The summed E-state index contributed by atoms with van der Waals surface area (Å²) in [6, 6.07) is 0. The molecule has 1 heterocycles. The van der Waals surface area contributed by atoms with Crippen molar-refractivity contribution in [2.45, 2.75) is 25.0 Å². The fraction of sp³-hybridized carbons (Fsp3) is 1.00. The highest BCUT2D eigenvalue weighted by atomic mass is 16.8. The average molecular weight is 180 g/mol. The fourth-order valence-electron chi connectivity index (χ4n) is 0.879. The Morgan fingerprint density at radius 1 is 1.50 bits per heavy atom. The van der Waals surface area contributed by atoms with Gasteiger partial charge in [-0.25, -0.2) is 0 Å². The summed E-state index contributed by atoms with van der Waals surface area (Å²) in [6.45, 7) is -0.0707. The second kappa shape index (κ2) is 4.13. The SMILES string of the molecule is COC1OC(C(O)O)COC1O. The predicted molar refractivity (Wildman–Crippen MR) is 35.9 cm³/mol. The highest BCUT2D eigenvalue weighted by Gasteiger charge is 2.33. The van der Waals surface area contributed by atoms with Gasteiger partial charge in [0, 0.05) is 7.11 Å². The van der Waals surface area contributed by atoms with Crippen LogP contribution in [0.25, 0.3) is 0 Å². The van der Waals surface area contributed by atoms with Crippen molar-refractivity contribution < 1.29 is 29.5 Å². The van der Waals surface area contributed by atoms with Crippen LogP contribution >= 0.6 is 0 Å². The number of hydrogen-bond acceptors (Lipinski definition) is 6. The topological polar surface area (TPSA) is 88.4 Å². The molecule has 3 atom stereocenters. The van der Waals surface area contributed by atoms with Crippen LogP contribution < -0.4 is 0 Å². The van der Waals surface area contributed by atoms with Crippen LogP contribution in [0.4, 0.5) is 0 Å². The fourth-order valence-corrected chi connectivity index (χ4v) is 0.879. The smallest absolute Gasteiger partial charge is 0.209 e. The molecule has 1 aliphatic heterocycles. The van der Waals surface area contributed by atoms with Crippen molar-refractivity contribution in [3.8, 4) is 0 Å². The van der Waals surface area contributed by atoms with E-state index in [2.05, 4.69) is 4.74 Å². The molecule has 72 valence electrons. The second-order valence-corrected chi connectivity index (χ2v) is 2.42. The van der Waals surface area contributed by atoms with Crippen LogP contribution in [0.2, 0.25) is 0 Å². The minimum absolute atomic E-state index is 0.0707. The summed E-state index contributed by atoms with van der Waals surface area (Å²) >= 11 is 0. The van der Waals surface area contributed by atoms with Crippen molar-refractivity contribution in [3.05, 3.63) is 0 Å². The summed E-state index contributed by atoms with van der Waals surface area (Å²) in [4.78, 5) is 0. The van der Waals surface area contributed by atoms with Crippen LogP contribution in [0.5, 0.6) is 0 Å². The van der Waals surface area contributed by atoms with Crippen LogP contribution in [0.3, 0.4) is 0 Å². The van der Waals surface area contributed by atoms with E-state index < -0.39 is 25.0 Å². The summed E-state index contributed by atoms with van der Waals surface area (Å²) in [5.41, 5.74) is 0. The zero-order valence-electron chi connectivity index (χ0n) is 6.58. The molecule has 3 N–H and O–H groups in total. The lowest BCUT2D eigenvalue weighted by Crippen LogP contribution is -2.48. The van der Waals surface area contributed by atoms with Crippen molar-refractivity contribution >= 4 is 0 Å². The normalized spacial score (nSPS) is 37.2. The molecule has 0 radical (unpaired) electrons. The molecule has 1 rings (SSSR count). The number of methoxy groups -OCH3 is 1. The molecular weight excluding hydrogens is 168 g/mol. The number of rotatable bonds is 2. The molecule has 1 aliphatic rings. The molecule has 1 saturated heterocycles. The summed E-state index contributed by atoms with van der Waals surface area (Å²) in [5, 5.41) is 26.4. The van der Waals surface area contributed by atoms with Gasteiger partial charge in [-0.05, 0) is 0 Å². The standard InChI is InChI=1S/C6H12O6/c1-10-6-5(9)11-2-3(12-6)4(7)8/h3-9H,2H2,1H3. The zero-order chi connectivity index (χ0) is 9.14. The molecule has 0 amide bonds. The molecule has 0 bridgehead atoms. The first-order chi connectivity index (χ1) is 5.65. The maximum atomic E-state index is 9.03. The maximum absolute atomic E-state index is 9.03. The molecule has 12 heavy (non-hydrogen) atoms. The first-order valence-corrected chi connectivity index (χ1v) is 3.49. The molecule has 0 spiro atoms. The average Bonchev–Trinajstić information content (AvgIpc) is 2.05. The number of aliphatic hydroxyl groups excluding tert-OH is 2. The highest BCUT2D eigenvalue weighted by Crippen LogP contribution is 2.14. The Balaban J connectivity index is 2.44. The van der Waals surface area contributed by atoms with Crippen LogP contribution in [0.1, 0.15) is 0 Å². The second-order valence-electron chi connectivity index (χ2n) is 2.42. The molecule has 0 aromatic carbocycles. The van der Waals surface area contributed by atoms with Crippen LogP contribution in [0.15, 0.2) is 0 Å². The molecule has 0 aliphatic carbocycles. The molecule has 0 aromatic rings. The Morgan fingerprint density at radius 3 is 2.67 bits per heavy atom. The third-order valence-electron chi connectivity index (χ3n) is 1.54. The van der Waals surface area contributed by atoms with Gasteiger partial charge in [-0.1, -0.05) is 0 Å². The Morgan fingerprint density at radius 2 is 2.17 bits per heavy atom. The Kier molecular flexibility index (Phi) is 3.39. The van der Waals surface area contributed by atoms with Gasteiger partial charge in [-0.3, -0.25) is 0 Å². The largest absolute Gasteiger partial charge is 0.366 e. The van der Waals surface area contributed by atoms with E-state index in [0.29, 0.717) is 0 Å². The van der Waals surface area contributed by atoms with E-state index in [1.807, 2.05) is 0 Å². The van der Waals surface area contributed by atoms with Gasteiger partial charge >= 0.3 is 0 Å². The van der Waals surface area contributed by atoms with Gasteiger partial charge in [0.2, 0.25) is 12.6 Å². The third kappa shape index (κ3) is 2.13. The van der Waals surface area contributed by atoms with Crippen molar-refractivity contribution in [1.82, 2.24) is 0 Å². The maximum Gasteiger partial charge on any atom is 0.209 e. The minimum atomic E-state index is -1.63. The van der Waals surface area contributed by atoms with Crippen molar-refractivity contribution in [2.24, 2.45) is 0 Å². The number of ether oxygens (including phenoxy) is 3. The Labute approximate surface area is 69.3 Å². The van der Waals surface area contributed by atoms with Gasteiger partial charge < -0.3 is 29.5 Å². The molecule has 3 unspecified atom stereocenters. The summed E-state index contributed by atoms with van der Waals surface area (Å²) in [5.74, 6) is 0. The van der Waals surface area contributed by atoms with Crippen molar-refractivity contribution in [3.63, 3.8) is 0 Å². The van der Waals surface area contributed by atoms with E-state index in [4.69, 9.17) is 24.8 Å². The molecule has 6 nitrogen and oxygen atoms in total. The lowest BCUT2D eigenvalue weighted by Gasteiger charge is -2.33. The van der Waals surface area contributed by atoms with Gasteiger partial charge in [0.05, 0.1) is 6.61 Å². The third-order valence-corrected chi connectivity index (χ3v) is 1.54. The minimum Gasteiger partial charge on any atom is -0.366 e. The summed E-state index contributed by atoms with van der Waals surface area (Å²) in [7, 11) is 1.32. The zero-order valence-corrected chi connectivity index (χ0v) is 6.58. The molecule has 6 heteroatoms. The van der Waals surface area contributed by atoms with Crippen molar-refractivity contribution in [1.29, 1.82) is 0 Å². The quantitative estimate of drug-likeness (QED) is 0.426. The Bertz CT molecular complexity index is 138. The number of hydrogen-bond donors (Lipinski definition) is 3. The van der Waals surface area contributed by atoms with E-state index in [0.717, 1.165) is 0 Å². The van der Waals surface area contributed by atoms with Crippen LogP contribution in [-0.4, -0.2) is 54.0 Å². The van der Waals surface area contributed by atoms with E-state index in [9.17, 15) is 0 Å².